The van der Waals surface area contributed by atoms with Gasteiger partial charge in [-0.25, -0.2) is 4.98 Å². The number of nitrogens with two attached hydrogens (primary N) is 1. The number of aromatic nitrogens is 2. The normalized spacial score (nSPS) is 18.9. The van der Waals surface area contributed by atoms with Gasteiger partial charge in [0.05, 0.1) is 5.54 Å². The Hall–Kier alpha value is -1.16. The molecule has 0 saturated heterocycles. The van der Waals surface area contributed by atoms with Gasteiger partial charge >= 0.3 is 0 Å². The van der Waals surface area contributed by atoms with Crippen LogP contribution < -0.4 is 11.3 Å². The van der Waals surface area contributed by atoms with Crippen LogP contribution in [0.4, 0.5) is 0 Å². The van der Waals surface area contributed by atoms with Crippen LogP contribution in [0.3, 0.4) is 0 Å². The summed E-state index contributed by atoms with van der Waals surface area (Å²) in [6, 6.07) is 0. The van der Waals surface area contributed by atoms with Crippen LogP contribution in [0.15, 0.2) is 4.79 Å². The third-order valence-electron chi connectivity index (χ3n) is 3.54. The van der Waals surface area contributed by atoms with Gasteiger partial charge in [-0.15, -0.1) is 0 Å². The van der Waals surface area contributed by atoms with E-state index in [0.717, 1.165) is 36.9 Å². The molecule has 1 fully saturated rings. The Morgan fingerprint density at radius 2 is 2.06 bits per heavy atom. The summed E-state index contributed by atoms with van der Waals surface area (Å²) in [5, 5.41) is 0. The predicted octanol–water partition coefficient (Wildman–Crippen LogP) is 1.37. The molecular weight excluding hydrogens is 202 g/mol. The molecule has 3 N–H and O–H groups in total. The average Bonchev–Trinajstić information content (AvgIpc) is 2.66. The van der Waals surface area contributed by atoms with Crippen LogP contribution in [0.1, 0.15) is 49.7 Å². The molecule has 0 atom stereocenters. The standard InChI is InChI=1S/C12H19N3O/c1-3-9-8(2)14-11(15-10(9)16)12(13)6-4-5-7-12/h3-7,13H2,1-2H3,(H,14,15,16). The van der Waals surface area contributed by atoms with Gasteiger partial charge in [-0.2, -0.15) is 0 Å². The SMILES string of the molecule is CCc1c(C)nc(C2(N)CCCC2)[nH]c1=O. The monoisotopic (exact) mass is 221 g/mol. The van der Waals surface area contributed by atoms with Gasteiger partial charge in [0.25, 0.3) is 5.56 Å². The average molecular weight is 221 g/mol. The van der Waals surface area contributed by atoms with Crippen molar-refractivity contribution in [3.8, 4) is 0 Å². The molecule has 0 aliphatic heterocycles. The molecule has 0 radical (unpaired) electrons. The van der Waals surface area contributed by atoms with Crippen molar-refractivity contribution in [2.24, 2.45) is 5.73 Å². The quantitative estimate of drug-likeness (QED) is 0.792. The zero-order valence-corrected chi connectivity index (χ0v) is 9.97. The summed E-state index contributed by atoms with van der Waals surface area (Å²) >= 11 is 0. The summed E-state index contributed by atoms with van der Waals surface area (Å²) in [6.07, 6.45) is 4.79. The molecule has 1 aliphatic rings. The molecule has 1 heterocycles. The fourth-order valence-corrected chi connectivity index (χ4v) is 2.51. The van der Waals surface area contributed by atoms with Crippen molar-refractivity contribution in [2.75, 3.05) is 0 Å². The molecule has 1 saturated carbocycles. The minimum Gasteiger partial charge on any atom is -0.319 e. The largest absolute Gasteiger partial charge is 0.319 e. The predicted molar refractivity (Wildman–Crippen MR) is 63.3 cm³/mol. The second-order valence-electron chi connectivity index (χ2n) is 4.70. The van der Waals surface area contributed by atoms with Crippen molar-refractivity contribution in [1.82, 2.24) is 9.97 Å². The molecule has 2 rings (SSSR count). The number of hydrogen-bond donors (Lipinski definition) is 2. The first-order valence-corrected chi connectivity index (χ1v) is 5.96. The zero-order chi connectivity index (χ0) is 11.8. The Morgan fingerprint density at radius 3 is 2.56 bits per heavy atom. The third kappa shape index (κ3) is 1.78. The maximum absolute atomic E-state index is 11.8. The van der Waals surface area contributed by atoms with Gasteiger partial charge in [-0.1, -0.05) is 19.8 Å². The van der Waals surface area contributed by atoms with Gasteiger partial charge in [0.1, 0.15) is 5.82 Å². The Bertz CT molecular complexity index is 444. The van der Waals surface area contributed by atoms with Crippen molar-refractivity contribution in [2.45, 2.75) is 51.5 Å². The Morgan fingerprint density at radius 1 is 1.44 bits per heavy atom. The topological polar surface area (TPSA) is 71.8 Å². The lowest BCUT2D eigenvalue weighted by Crippen LogP contribution is -2.38. The van der Waals surface area contributed by atoms with Crippen molar-refractivity contribution in [3.05, 3.63) is 27.4 Å². The molecular formula is C12H19N3O. The number of aromatic amines is 1. The first-order valence-electron chi connectivity index (χ1n) is 5.96. The second kappa shape index (κ2) is 4.01. The first-order chi connectivity index (χ1) is 7.57. The van der Waals surface area contributed by atoms with Crippen LogP contribution in [0, 0.1) is 6.92 Å². The van der Waals surface area contributed by atoms with Crippen LogP contribution >= 0.6 is 0 Å². The lowest BCUT2D eigenvalue weighted by molar-refractivity contribution is 0.428. The maximum atomic E-state index is 11.8. The van der Waals surface area contributed by atoms with Gasteiger partial charge in [-0.05, 0) is 26.2 Å². The lowest BCUT2D eigenvalue weighted by Gasteiger charge is -2.22. The van der Waals surface area contributed by atoms with Crippen molar-refractivity contribution < 1.29 is 0 Å². The smallest absolute Gasteiger partial charge is 0.254 e. The highest BCUT2D eigenvalue weighted by molar-refractivity contribution is 5.19. The fourth-order valence-electron chi connectivity index (χ4n) is 2.51. The molecule has 0 bridgehead atoms. The van der Waals surface area contributed by atoms with E-state index in [1.54, 1.807) is 0 Å². The zero-order valence-electron chi connectivity index (χ0n) is 9.97. The highest BCUT2D eigenvalue weighted by Crippen LogP contribution is 2.33. The van der Waals surface area contributed by atoms with Crippen molar-refractivity contribution in [1.29, 1.82) is 0 Å². The van der Waals surface area contributed by atoms with E-state index in [1.165, 1.54) is 0 Å². The minimum absolute atomic E-state index is 0.0262. The van der Waals surface area contributed by atoms with Gasteiger partial charge in [0.15, 0.2) is 0 Å². The van der Waals surface area contributed by atoms with Crippen LogP contribution in [0.5, 0.6) is 0 Å². The molecule has 0 unspecified atom stereocenters. The summed E-state index contributed by atoms with van der Waals surface area (Å²) in [5.74, 6) is 0.671. The highest BCUT2D eigenvalue weighted by Gasteiger charge is 2.34. The maximum Gasteiger partial charge on any atom is 0.254 e. The summed E-state index contributed by atoms with van der Waals surface area (Å²) in [7, 11) is 0. The van der Waals surface area contributed by atoms with Gasteiger partial charge in [0.2, 0.25) is 0 Å². The summed E-state index contributed by atoms with van der Waals surface area (Å²) in [4.78, 5) is 19.2. The van der Waals surface area contributed by atoms with E-state index < -0.39 is 5.54 Å². The number of nitrogens with zero attached hydrogens (tertiary/aromatic N) is 1. The van der Waals surface area contributed by atoms with E-state index in [0.29, 0.717) is 12.2 Å². The van der Waals surface area contributed by atoms with E-state index in [4.69, 9.17) is 5.73 Å². The lowest BCUT2D eigenvalue weighted by atomic mass is 9.97. The van der Waals surface area contributed by atoms with Crippen LogP contribution in [0.2, 0.25) is 0 Å². The first kappa shape index (κ1) is 11.3. The number of aryl methyl sites for hydroxylation is 1. The Balaban J connectivity index is 2.48. The summed E-state index contributed by atoms with van der Waals surface area (Å²) < 4.78 is 0. The third-order valence-corrected chi connectivity index (χ3v) is 3.54. The Labute approximate surface area is 95.3 Å². The number of nitrogens with one attached hydrogen (secondary N) is 1. The summed E-state index contributed by atoms with van der Waals surface area (Å²) in [6.45, 7) is 3.85. The molecule has 88 valence electrons. The molecule has 16 heavy (non-hydrogen) atoms. The van der Waals surface area contributed by atoms with Crippen molar-refractivity contribution >= 4 is 0 Å². The highest BCUT2D eigenvalue weighted by atomic mass is 16.1. The molecule has 0 spiro atoms. The van der Waals surface area contributed by atoms with Crippen molar-refractivity contribution in [3.63, 3.8) is 0 Å². The van der Waals surface area contributed by atoms with E-state index >= 15 is 0 Å². The molecule has 1 aliphatic carbocycles. The molecule has 1 aromatic heterocycles. The number of H-pyrrole nitrogens is 1. The summed E-state index contributed by atoms with van der Waals surface area (Å²) in [5.41, 5.74) is 7.43. The number of rotatable bonds is 2. The molecule has 4 heteroatoms. The van der Waals surface area contributed by atoms with E-state index in [-0.39, 0.29) is 5.56 Å². The molecule has 0 aromatic carbocycles. The van der Waals surface area contributed by atoms with Gasteiger partial charge in [0, 0.05) is 11.3 Å². The van der Waals surface area contributed by atoms with Crippen LogP contribution in [-0.4, -0.2) is 9.97 Å². The van der Waals surface area contributed by atoms with E-state index in [2.05, 4.69) is 9.97 Å². The van der Waals surface area contributed by atoms with Crippen LogP contribution in [0.25, 0.3) is 0 Å². The Kier molecular flexibility index (Phi) is 2.84. The molecule has 1 aromatic rings. The second-order valence-corrected chi connectivity index (χ2v) is 4.70. The fraction of sp³-hybridized carbons (Fsp3) is 0.667. The molecule has 4 nitrogen and oxygen atoms in total. The van der Waals surface area contributed by atoms with Crippen LogP contribution in [-0.2, 0) is 12.0 Å². The number of hydrogen-bond acceptors (Lipinski definition) is 3. The van der Waals surface area contributed by atoms with Gasteiger partial charge < -0.3 is 10.7 Å². The van der Waals surface area contributed by atoms with Gasteiger partial charge in [-0.3, -0.25) is 4.79 Å². The minimum atomic E-state index is -0.407. The van der Waals surface area contributed by atoms with E-state index in [1.807, 2.05) is 13.8 Å². The van der Waals surface area contributed by atoms with E-state index in [9.17, 15) is 4.79 Å². The molecule has 0 amide bonds.